The number of carbonyl (C=O) groups is 1. The third-order valence-electron chi connectivity index (χ3n) is 1.96. The molecule has 1 amide bonds. The lowest BCUT2D eigenvalue weighted by Crippen LogP contribution is -2.25. The monoisotopic (exact) mass is 255 g/mol. The summed E-state index contributed by atoms with van der Waals surface area (Å²) in [5.41, 5.74) is 0.948. The van der Waals surface area contributed by atoms with E-state index in [9.17, 15) is 13.2 Å². The standard InChI is InChI=1S/C11H13NO4S/c1-3-11(13)12-8-16-17(14,15)10-6-4-9(2)5-7-10/h3-7H,1,8H2,2H3,(H,12,13). The first kappa shape index (κ1) is 13.4. The van der Waals surface area contributed by atoms with Crippen molar-refractivity contribution >= 4 is 16.0 Å². The van der Waals surface area contributed by atoms with Crippen molar-refractivity contribution in [3.63, 3.8) is 0 Å². The van der Waals surface area contributed by atoms with E-state index in [2.05, 4.69) is 16.1 Å². The van der Waals surface area contributed by atoms with Gasteiger partial charge in [0.05, 0.1) is 4.90 Å². The number of rotatable bonds is 5. The van der Waals surface area contributed by atoms with Gasteiger partial charge in [0.1, 0.15) is 6.73 Å². The third-order valence-corrected chi connectivity index (χ3v) is 3.23. The maximum Gasteiger partial charge on any atom is 0.298 e. The van der Waals surface area contributed by atoms with Crippen molar-refractivity contribution in [2.45, 2.75) is 11.8 Å². The molecule has 0 heterocycles. The summed E-state index contributed by atoms with van der Waals surface area (Å²) in [5.74, 6) is -0.496. The topological polar surface area (TPSA) is 72.5 Å². The van der Waals surface area contributed by atoms with E-state index in [-0.39, 0.29) is 4.90 Å². The molecule has 0 aliphatic carbocycles. The molecule has 0 radical (unpaired) electrons. The summed E-state index contributed by atoms with van der Waals surface area (Å²) in [6.45, 7) is 4.66. The molecule has 1 N–H and O–H groups in total. The SMILES string of the molecule is C=CC(=O)NCOS(=O)(=O)c1ccc(C)cc1. The Labute approximate surface area is 100 Å². The van der Waals surface area contributed by atoms with Crippen molar-refractivity contribution in [2.24, 2.45) is 0 Å². The molecule has 1 rings (SSSR count). The van der Waals surface area contributed by atoms with Crippen LogP contribution in [0.4, 0.5) is 0 Å². The quantitative estimate of drug-likeness (QED) is 0.483. The number of carbonyl (C=O) groups excluding carboxylic acids is 1. The second-order valence-electron chi connectivity index (χ2n) is 3.27. The minimum atomic E-state index is -3.83. The summed E-state index contributed by atoms with van der Waals surface area (Å²) in [5, 5.41) is 2.21. The Morgan fingerprint density at radius 3 is 2.53 bits per heavy atom. The van der Waals surface area contributed by atoms with Crippen LogP contribution >= 0.6 is 0 Å². The molecular formula is C11H13NO4S. The predicted octanol–water partition coefficient (Wildman–Crippen LogP) is 0.960. The normalized spacial score (nSPS) is 10.9. The Morgan fingerprint density at radius 1 is 1.41 bits per heavy atom. The predicted molar refractivity (Wildman–Crippen MR) is 62.7 cm³/mol. The second kappa shape index (κ2) is 5.60. The molecule has 0 aliphatic heterocycles. The summed E-state index contributed by atoms with van der Waals surface area (Å²) in [7, 11) is -3.83. The lowest BCUT2D eigenvalue weighted by Gasteiger charge is -2.06. The van der Waals surface area contributed by atoms with Crippen LogP contribution in [0, 0.1) is 6.92 Å². The van der Waals surface area contributed by atoms with Crippen molar-refractivity contribution in [2.75, 3.05) is 6.73 Å². The minimum absolute atomic E-state index is 0.0518. The Kier molecular flexibility index (Phi) is 4.42. The highest BCUT2D eigenvalue weighted by Crippen LogP contribution is 2.12. The molecule has 0 unspecified atom stereocenters. The summed E-state index contributed by atoms with van der Waals surface area (Å²) in [4.78, 5) is 10.8. The molecule has 6 heteroatoms. The lowest BCUT2D eigenvalue weighted by molar-refractivity contribution is -0.117. The van der Waals surface area contributed by atoms with Gasteiger partial charge in [-0.2, -0.15) is 8.42 Å². The first-order valence-electron chi connectivity index (χ1n) is 4.82. The first-order valence-corrected chi connectivity index (χ1v) is 6.23. The fourth-order valence-corrected chi connectivity index (χ4v) is 1.84. The van der Waals surface area contributed by atoms with Crippen LogP contribution in [0.3, 0.4) is 0 Å². The molecule has 0 aliphatic rings. The number of benzene rings is 1. The zero-order valence-electron chi connectivity index (χ0n) is 9.34. The van der Waals surface area contributed by atoms with E-state index < -0.39 is 22.8 Å². The van der Waals surface area contributed by atoms with E-state index in [4.69, 9.17) is 0 Å². The number of nitrogens with one attached hydrogen (secondary N) is 1. The molecule has 0 saturated heterocycles. The molecule has 0 spiro atoms. The molecule has 0 atom stereocenters. The molecule has 0 fully saturated rings. The van der Waals surface area contributed by atoms with Crippen LogP contribution in [0.1, 0.15) is 5.56 Å². The van der Waals surface area contributed by atoms with Gasteiger partial charge in [-0.3, -0.25) is 4.79 Å². The van der Waals surface area contributed by atoms with E-state index in [0.29, 0.717) is 0 Å². The van der Waals surface area contributed by atoms with Gasteiger partial charge < -0.3 is 5.32 Å². The van der Waals surface area contributed by atoms with Crippen LogP contribution in [0.2, 0.25) is 0 Å². The average molecular weight is 255 g/mol. The molecular weight excluding hydrogens is 242 g/mol. The Balaban J connectivity index is 2.66. The summed E-state index contributed by atoms with van der Waals surface area (Å²) < 4.78 is 27.8. The van der Waals surface area contributed by atoms with Gasteiger partial charge >= 0.3 is 0 Å². The van der Waals surface area contributed by atoms with Crippen LogP contribution in [0.25, 0.3) is 0 Å². The number of hydrogen-bond donors (Lipinski definition) is 1. The highest BCUT2D eigenvalue weighted by atomic mass is 32.2. The fraction of sp³-hybridized carbons (Fsp3) is 0.182. The molecule has 0 bridgehead atoms. The van der Waals surface area contributed by atoms with Gasteiger partial charge in [-0.1, -0.05) is 24.3 Å². The first-order chi connectivity index (χ1) is 7.95. The lowest BCUT2D eigenvalue weighted by atomic mass is 10.2. The van der Waals surface area contributed by atoms with Crippen LogP contribution in [0.15, 0.2) is 41.8 Å². The Hall–Kier alpha value is -1.66. The van der Waals surface area contributed by atoms with Crippen LogP contribution < -0.4 is 5.32 Å². The highest BCUT2D eigenvalue weighted by molar-refractivity contribution is 7.86. The Bertz CT molecular complexity index is 505. The van der Waals surface area contributed by atoms with Gasteiger partial charge in [0.15, 0.2) is 0 Å². The highest BCUT2D eigenvalue weighted by Gasteiger charge is 2.14. The van der Waals surface area contributed by atoms with Gasteiger partial charge in [-0.05, 0) is 25.1 Å². The van der Waals surface area contributed by atoms with E-state index >= 15 is 0 Å². The van der Waals surface area contributed by atoms with E-state index in [0.717, 1.165) is 11.6 Å². The largest absolute Gasteiger partial charge is 0.328 e. The van der Waals surface area contributed by atoms with Gasteiger partial charge in [0.2, 0.25) is 5.91 Å². The van der Waals surface area contributed by atoms with E-state index in [1.807, 2.05) is 6.92 Å². The second-order valence-corrected chi connectivity index (χ2v) is 4.89. The molecule has 0 aromatic heterocycles. The molecule has 1 aromatic carbocycles. The Morgan fingerprint density at radius 2 is 2.00 bits per heavy atom. The van der Waals surface area contributed by atoms with E-state index in [1.165, 1.54) is 12.1 Å². The molecule has 5 nitrogen and oxygen atoms in total. The van der Waals surface area contributed by atoms with Crippen molar-refractivity contribution in [1.82, 2.24) is 5.32 Å². The third kappa shape index (κ3) is 4.01. The van der Waals surface area contributed by atoms with Gasteiger partial charge in [0.25, 0.3) is 10.1 Å². The maximum atomic E-state index is 11.6. The molecule has 17 heavy (non-hydrogen) atoms. The van der Waals surface area contributed by atoms with Crippen molar-refractivity contribution in [1.29, 1.82) is 0 Å². The van der Waals surface area contributed by atoms with E-state index in [1.54, 1.807) is 12.1 Å². The smallest absolute Gasteiger partial charge is 0.298 e. The fourth-order valence-electron chi connectivity index (χ4n) is 1.02. The van der Waals surface area contributed by atoms with Crippen molar-refractivity contribution in [3.05, 3.63) is 42.5 Å². The van der Waals surface area contributed by atoms with Crippen LogP contribution in [0.5, 0.6) is 0 Å². The zero-order valence-corrected chi connectivity index (χ0v) is 10.2. The maximum absolute atomic E-state index is 11.6. The van der Waals surface area contributed by atoms with Crippen LogP contribution in [-0.4, -0.2) is 21.1 Å². The summed E-state index contributed by atoms with van der Waals surface area (Å²) >= 11 is 0. The van der Waals surface area contributed by atoms with Crippen LogP contribution in [-0.2, 0) is 19.1 Å². The number of aryl methyl sites for hydroxylation is 1. The zero-order chi connectivity index (χ0) is 12.9. The number of amides is 1. The number of hydrogen-bond acceptors (Lipinski definition) is 4. The van der Waals surface area contributed by atoms with Crippen molar-refractivity contribution < 1.29 is 17.4 Å². The van der Waals surface area contributed by atoms with Gasteiger partial charge in [-0.25, -0.2) is 4.18 Å². The minimum Gasteiger partial charge on any atom is -0.328 e. The summed E-state index contributed by atoms with van der Waals surface area (Å²) in [6, 6.07) is 6.22. The molecule has 92 valence electrons. The molecule has 1 aromatic rings. The summed E-state index contributed by atoms with van der Waals surface area (Å²) in [6.07, 6.45) is 1.03. The van der Waals surface area contributed by atoms with Gasteiger partial charge in [0, 0.05) is 0 Å². The van der Waals surface area contributed by atoms with Gasteiger partial charge in [-0.15, -0.1) is 0 Å². The van der Waals surface area contributed by atoms with Crippen molar-refractivity contribution in [3.8, 4) is 0 Å². The average Bonchev–Trinajstić information content (AvgIpc) is 2.29. The molecule has 0 saturated carbocycles.